The lowest BCUT2D eigenvalue weighted by molar-refractivity contribution is 0.0696. The number of carboxylic acids is 1. The first-order valence-corrected chi connectivity index (χ1v) is 6.94. The number of hydrogen-bond acceptors (Lipinski definition) is 6. The summed E-state index contributed by atoms with van der Waals surface area (Å²) >= 11 is 0. The molecule has 0 atom stereocenters. The molecular formula is C17H15N3O4. The fraction of sp³-hybridized carbons (Fsp3) is 0.0588. The quantitative estimate of drug-likeness (QED) is 0.438. The molecule has 24 heavy (non-hydrogen) atoms. The number of ether oxygens (including phenoxy) is 1. The van der Waals surface area contributed by atoms with Gasteiger partial charge >= 0.3 is 5.97 Å². The van der Waals surface area contributed by atoms with Crippen molar-refractivity contribution in [3.63, 3.8) is 0 Å². The van der Waals surface area contributed by atoms with Gasteiger partial charge in [-0.25, -0.2) is 4.79 Å². The Labute approximate surface area is 138 Å². The summed E-state index contributed by atoms with van der Waals surface area (Å²) < 4.78 is 10.5. The van der Waals surface area contributed by atoms with Crippen LogP contribution in [0.1, 0.15) is 16.2 Å². The van der Waals surface area contributed by atoms with Crippen LogP contribution >= 0.6 is 0 Å². The van der Waals surface area contributed by atoms with Crippen LogP contribution in [0, 0.1) is 5.41 Å². The highest BCUT2D eigenvalue weighted by Crippen LogP contribution is 2.25. The first kappa shape index (κ1) is 16.9. The topological polar surface area (TPSA) is 109 Å². The second-order valence-electron chi connectivity index (χ2n) is 4.52. The summed E-state index contributed by atoms with van der Waals surface area (Å²) in [6.07, 6.45) is 9.15. The number of rotatable bonds is 8. The van der Waals surface area contributed by atoms with Crippen LogP contribution in [0.25, 0.3) is 17.5 Å². The molecule has 122 valence electrons. The van der Waals surface area contributed by atoms with Gasteiger partial charge in [0, 0.05) is 11.8 Å². The molecule has 7 nitrogen and oxygen atoms in total. The number of benzene rings is 1. The fourth-order valence-electron chi connectivity index (χ4n) is 1.77. The maximum atomic E-state index is 11.2. The Kier molecular flexibility index (Phi) is 5.79. The maximum absolute atomic E-state index is 11.2. The average Bonchev–Trinajstić information content (AvgIpc) is 3.05. The summed E-state index contributed by atoms with van der Waals surface area (Å²) in [5.74, 6) is -0.211. The van der Waals surface area contributed by atoms with E-state index in [2.05, 4.69) is 16.7 Å². The van der Waals surface area contributed by atoms with Crippen LogP contribution < -0.4 is 4.74 Å². The summed E-state index contributed by atoms with van der Waals surface area (Å²) in [4.78, 5) is 15.4. The van der Waals surface area contributed by atoms with Crippen molar-refractivity contribution >= 4 is 18.3 Å². The predicted molar refractivity (Wildman–Crippen MR) is 89.3 cm³/mol. The minimum atomic E-state index is -1.09. The second kappa shape index (κ2) is 8.23. The molecule has 0 saturated heterocycles. The van der Waals surface area contributed by atoms with Crippen LogP contribution in [-0.2, 0) is 0 Å². The van der Waals surface area contributed by atoms with E-state index in [1.807, 2.05) is 0 Å². The zero-order chi connectivity index (χ0) is 17.4. The maximum Gasteiger partial charge on any atom is 0.335 e. The van der Waals surface area contributed by atoms with E-state index in [4.69, 9.17) is 14.7 Å². The zero-order valence-electron chi connectivity index (χ0n) is 12.7. The summed E-state index contributed by atoms with van der Waals surface area (Å²) in [6.45, 7) is 3.80. The van der Waals surface area contributed by atoms with Gasteiger partial charge in [0.2, 0.25) is 0 Å². The largest absolute Gasteiger partial charge is 0.490 e. The molecular weight excluding hydrogens is 310 g/mol. The molecule has 2 N–H and O–H groups in total. The van der Waals surface area contributed by atoms with Gasteiger partial charge < -0.3 is 19.8 Å². The van der Waals surface area contributed by atoms with E-state index in [1.54, 1.807) is 30.4 Å². The molecule has 0 amide bonds. The van der Waals surface area contributed by atoms with Crippen molar-refractivity contribution in [3.05, 3.63) is 60.5 Å². The van der Waals surface area contributed by atoms with Crippen molar-refractivity contribution in [2.24, 2.45) is 0 Å². The van der Waals surface area contributed by atoms with Gasteiger partial charge in [-0.05, 0) is 30.4 Å². The molecule has 1 heterocycles. The predicted octanol–water partition coefficient (Wildman–Crippen LogP) is 3.22. The van der Waals surface area contributed by atoms with E-state index >= 15 is 0 Å². The van der Waals surface area contributed by atoms with Crippen LogP contribution in [0.15, 0.2) is 53.6 Å². The summed E-state index contributed by atoms with van der Waals surface area (Å²) in [7, 11) is 0. The van der Waals surface area contributed by atoms with E-state index in [1.165, 1.54) is 18.2 Å². The third-order valence-corrected chi connectivity index (χ3v) is 2.77. The number of nitrogens with zero attached hydrogens (tertiary/aromatic N) is 2. The van der Waals surface area contributed by atoms with E-state index in [9.17, 15) is 9.90 Å². The Balaban J connectivity index is 2.31. The standard InChI is InChI=1S/C17H15N3O4/c1-2-8-23-14-10-12(9-13(11-14)17(21)22)16-19-15(20-24-16)6-4-3-5-7-18/h2-7,9-11,18H,1,8H2,(H,21,22)/b5-3-,6-4+,18-7?. The molecule has 0 radical (unpaired) electrons. The van der Waals surface area contributed by atoms with Crippen molar-refractivity contribution in [2.45, 2.75) is 0 Å². The van der Waals surface area contributed by atoms with Gasteiger partial charge in [-0.1, -0.05) is 30.0 Å². The van der Waals surface area contributed by atoms with Crippen LogP contribution in [0.3, 0.4) is 0 Å². The van der Waals surface area contributed by atoms with Gasteiger partial charge in [-0.15, -0.1) is 0 Å². The number of carbonyl (C=O) groups is 1. The molecule has 0 aliphatic carbocycles. The number of aromatic carboxylic acids is 1. The Hall–Kier alpha value is -3.48. The highest BCUT2D eigenvalue weighted by Gasteiger charge is 2.13. The molecule has 1 aromatic carbocycles. The smallest absolute Gasteiger partial charge is 0.335 e. The van der Waals surface area contributed by atoms with E-state index in [0.717, 1.165) is 6.21 Å². The monoisotopic (exact) mass is 325 g/mol. The third-order valence-electron chi connectivity index (χ3n) is 2.77. The summed E-state index contributed by atoms with van der Waals surface area (Å²) in [5, 5.41) is 19.9. The Bertz CT molecular complexity index is 806. The lowest BCUT2D eigenvalue weighted by Gasteiger charge is -2.06. The SMILES string of the molecule is C=CCOc1cc(C(=O)O)cc(-c2nc(/C=C/C=C\C=N)no2)c1. The van der Waals surface area contributed by atoms with Crippen molar-refractivity contribution in [2.75, 3.05) is 6.61 Å². The van der Waals surface area contributed by atoms with Crippen LogP contribution in [0.2, 0.25) is 0 Å². The summed E-state index contributed by atoms with van der Waals surface area (Å²) in [6, 6.07) is 4.46. The minimum Gasteiger partial charge on any atom is -0.490 e. The third kappa shape index (κ3) is 4.51. The van der Waals surface area contributed by atoms with Crippen molar-refractivity contribution in [1.82, 2.24) is 10.1 Å². The van der Waals surface area contributed by atoms with Crippen molar-refractivity contribution in [3.8, 4) is 17.2 Å². The van der Waals surface area contributed by atoms with Gasteiger partial charge in [0.15, 0.2) is 5.82 Å². The normalized spacial score (nSPS) is 11.0. The molecule has 0 aliphatic rings. The van der Waals surface area contributed by atoms with Crippen LogP contribution in [0.5, 0.6) is 5.75 Å². The number of hydrogen-bond donors (Lipinski definition) is 2. The van der Waals surface area contributed by atoms with E-state index in [-0.39, 0.29) is 18.1 Å². The van der Waals surface area contributed by atoms with Crippen molar-refractivity contribution < 1.29 is 19.2 Å². The summed E-state index contributed by atoms with van der Waals surface area (Å²) in [5.41, 5.74) is 0.493. The number of aromatic nitrogens is 2. The first-order valence-electron chi connectivity index (χ1n) is 6.94. The van der Waals surface area contributed by atoms with Crippen LogP contribution in [-0.4, -0.2) is 34.0 Å². The lowest BCUT2D eigenvalue weighted by atomic mass is 10.1. The molecule has 0 spiro atoms. The highest BCUT2D eigenvalue weighted by atomic mass is 16.5. The highest BCUT2D eigenvalue weighted by molar-refractivity contribution is 5.89. The minimum absolute atomic E-state index is 0.0516. The van der Waals surface area contributed by atoms with Crippen LogP contribution in [0.4, 0.5) is 0 Å². The molecule has 1 aromatic heterocycles. The molecule has 0 saturated carbocycles. The molecule has 2 aromatic rings. The molecule has 7 heteroatoms. The molecule has 2 rings (SSSR count). The van der Waals surface area contributed by atoms with Gasteiger partial charge in [0.25, 0.3) is 5.89 Å². The van der Waals surface area contributed by atoms with E-state index in [0.29, 0.717) is 17.1 Å². The van der Waals surface area contributed by atoms with Crippen molar-refractivity contribution in [1.29, 1.82) is 5.41 Å². The molecule has 0 unspecified atom stereocenters. The molecule has 0 fully saturated rings. The molecule has 0 bridgehead atoms. The number of nitrogens with one attached hydrogen (secondary N) is 1. The van der Waals surface area contributed by atoms with Gasteiger partial charge in [-0.2, -0.15) is 4.98 Å². The Morgan fingerprint density at radius 3 is 2.88 bits per heavy atom. The Morgan fingerprint density at radius 1 is 1.33 bits per heavy atom. The van der Waals surface area contributed by atoms with Gasteiger partial charge in [0.1, 0.15) is 12.4 Å². The average molecular weight is 325 g/mol. The number of allylic oxidation sites excluding steroid dienone is 3. The zero-order valence-corrected chi connectivity index (χ0v) is 12.7. The molecule has 0 aliphatic heterocycles. The van der Waals surface area contributed by atoms with Gasteiger partial charge in [-0.3, -0.25) is 0 Å². The Morgan fingerprint density at radius 2 is 2.17 bits per heavy atom. The fourth-order valence-corrected chi connectivity index (χ4v) is 1.77. The lowest BCUT2D eigenvalue weighted by Crippen LogP contribution is -2.00. The first-order chi connectivity index (χ1) is 11.6. The van der Waals surface area contributed by atoms with Gasteiger partial charge in [0.05, 0.1) is 5.56 Å². The van der Waals surface area contributed by atoms with E-state index < -0.39 is 5.97 Å². The number of carboxylic acid groups (broad SMARTS) is 1. The second-order valence-corrected chi connectivity index (χ2v) is 4.52.